The van der Waals surface area contributed by atoms with Crippen LogP contribution in [0.3, 0.4) is 0 Å². The molecule has 1 heterocycles. The van der Waals surface area contributed by atoms with Gasteiger partial charge in [0.05, 0.1) is 6.54 Å². The predicted octanol–water partition coefficient (Wildman–Crippen LogP) is 1.51. The van der Waals surface area contributed by atoms with Crippen LogP contribution in [0.5, 0.6) is 5.75 Å². The topological polar surface area (TPSA) is 155 Å². The number of carboxylic acid groups (broad SMARTS) is 1. The molecule has 0 aliphatic carbocycles. The summed E-state index contributed by atoms with van der Waals surface area (Å²) in [6, 6.07) is 12.5. The summed E-state index contributed by atoms with van der Waals surface area (Å²) in [4.78, 5) is 36.1. The van der Waals surface area contributed by atoms with E-state index in [1.165, 1.54) is 11.8 Å². The third kappa shape index (κ3) is 5.75. The molecule has 2 unspecified atom stereocenters. The summed E-state index contributed by atoms with van der Waals surface area (Å²) in [5.74, 6) is -1.02. The Bertz CT molecular complexity index is 1010. The molecule has 3 rings (SSSR count). The van der Waals surface area contributed by atoms with E-state index in [4.69, 9.17) is 20.6 Å². The summed E-state index contributed by atoms with van der Waals surface area (Å²) in [7, 11) is 0. The number of carbonyl (C=O) groups is 3. The van der Waals surface area contributed by atoms with Crippen LogP contribution in [0, 0.1) is 5.41 Å². The molecule has 32 heavy (non-hydrogen) atoms. The van der Waals surface area contributed by atoms with E-state index in [0.717, 1.165) is 5.56 Å². The SMILES string of the molecule is CC(=O)NC(Cc1ccc(OCC2CN(c3ccc(C(=N)N)cc3)C(=O)O2)cc1)C(=O)O. The van der Waals surface area contributed by atoms with Crippen LogP contribution in [0.2, 0.25) is 0 Å². The number of ether oxygens (including phenoxy) is 2. The summed E-state index contributed by atoms with van der Waals surface area (Å²) in [5.41, 5.74) is 7.38. The van der Waals surface area contributed by atoms with Crippen LogP contribution >= 0.6 is 0 Å². The van der Waals surface area contributed by atoms with Crippen molar-refractivity contribution >= 4 is 29.5 Å². The minimum atomic E-state index is -1.11. The predicted molar refractivity (Wildman–Crippen MR) is 116 cm³/mol. The van der Waals surface area contributed by atoms with E-state index in [1.807, 2.05) is 0 Å². The first kappa shape index (κ1) is 22.6. The maximum atomic E-state index is 12.2. The van der Waals surface area contributed by atoms with Crippen molar-refractivity contribution < 1.29 is 29.0 Å². The fraction of sp³-hybridized carbons (Fsp3) is 0.273. The van der Waals surface area contributed by atoms with Gasteiger partial charge in [-0.3, -0.25) is 15.1 Å². The van der Waals surface area contributed by atoms with Gasteiger partial charge >= 0.3 is 12.1 Å². The monoisotopic (exact) mass is 440 g/mol. The van der Waals surface area contributed by atoms with E-state index in [-0.39, 0.29) is 18.9 Å². The molecule has 10 heteroatoms. The number of hydrogen-bond acceptors (Lipinski definition) is 6. The second-order valence-corrected chi connectivity index (χ2v) is 7.33. The molecule has 1 aliphatic heterocycles. The Morgan fingerprint density at radius 2 is 1.91 bits per heavy atom. The average Bonchev–Trinajstić information content (AvgIpc) is 3.13. The number of carbonyl (C=O) groups excluding carboxylic acids is 2. The highest BCUT2D eigenvalue weighted by molar-refractivity contribution is 5.96. The molecule has 0 bridgehead atoms. The Morgan fingerprint density at radius 1 is 1.25 bits per heavy atom. The largest absolute Gasteiger partial charge is 0.490 e. The number of aliphatic carboxylic acids is 1. The van der Waals surface area contributed by atoms with Gasteiger partial charge in [-0.15, -0.1) is 0 Å². The summed E-state index contributed by atoms with van der Waals surface area (Å²) in [5, 5.41) is 19.0. The first-order chi connectivity index (χ1) is 15.2. The standard InChI is InChI=1S/C22H24N4O6/c1-13(27)25-19(21(28)29)10-14-2-8-17(9-3-14)31-12-18-11-26(22(30)32-18)16-6-4-15(5-7-16)20(23)24/h2-9,18-19H,10-12H2,1H3,(H3,23,24)(H,25,27)(H,28,29). The van der Waals surface area contributed by atoms with Crippen LogP contribution in [-0.4, -0.2) is 54.2 Å². The van der Waals surface area contributed by atoms with Gasteiger partial charge in [0.2, 0.25) is 5.91 Å². The minimum Gasteiger partial charge on any atom is -0.490 e. The first-order valence-electron chi connectivity index (χ1n) is 9.87. The van der Waals surface area contributed by atoms with E-state index >= 15 is 0 Å². The smallest absolute Gasteiger partial charge is 0.414 e. The van der Waals surface area contributed by atoms with Gasteiger partial charge in [0.1, 0.15) is 24.2 Å². The maximum Gasteiger partial charge on any atom is 0.414 e. The van der Waals surface area contributed by atoms with Crippen molar-refractivity contribution in [1.29, 1.82) is 5.41 Å². The van der Waals surface area contributed by atoms with Crippen molar-refractivity contribution in [2.75, 3.05) is 18.1 Å². The lowest BCUT2D eigenvalue weighted by atomic mass is 10.1. The molecule has 0 saturated carbocycles. The summed E-state index contributed by atoms with van der Waals surface area (Å²) in [6.07, 6.45) is -0.805. The van der Waals surface area contributed by atoms with Gasteiger partial charge in [-0.25, -0.2) is 9.59 Å². The number of nitrogens with zero attached hydrogens (tertiary/aromatic N) is 1. The molecule has 2 aromatic carbocycles. The van der Waals surface area contributed by atoms with Crippen molar-refractivity contribution in [3.05, 3.63) is 59.7 Å². The molecule has 0 aromatic heterocycles. The molecule has 2 amide bonds. The first-order valence-corrected chi connectivity index (χ1v) is 9.87. The third-order valence-corrected chi connectivity index (χ3v) is 4.84. The van der Waals surface area contributed by atoms with Crippen LogP contribution in [0.15, 0.2) is 48.5 Å². The second-order valence-electron chi connectivity index (χ2n) is 7.33. The zero-order chi connectivity index (χ0) is 23.3. The quantitative estimate of drug-likeness (QED) is 0.340. The van der Waals surface area contributed by atoms with E-state index < -0.39 is 30.1 Å². The Balaban J connectivity index is 1.53. The number of rotatable bonds is 9. The van der Waals surface area contributed by atoms with Crippen LogP contribution in [0.1, 0.15) is 18.1 Å². The van der Waals surface area contributed by atoms with Crippen LogP contribution in [0.4, 0.5) is 10.5 Å². The highest BCUT2D eigenvalue weighted by atomic mass is 16.6. The fourth-order valence-electron chi connectivity index (χ4n) is 3.23. The number of carboxylic acids is 1. The highest BCUT2D eigenvalue weighted by Gasteiger charge is 2.32. The van der Waals surface area contributed by atoms with E-state index in [1.54, 1.807) is 48.5 Å². The number of hydrogen-bond donors (Lipinski definition) is 4. The summed E-state index contributed by atoms with van der Waals surface area (Å²) in [6.45, 7) is 1.73. The van der Waals surface area contributed by atoms with Crippen LogP contribution in [-0.2, 0) is 20.7 Å². The van der Waals surface area contributed by atoms with Gasteiger partial charge in [-0.1, -0.05) is 12.1 Å². The van der Waals surface area contributed by atoms with Crippen LogP contribution < -0.4 is 20.7 Å². The number of amidine groups is 1. The maximum absolute atomic E-state index is 12.2. The lowest BCUT2D eigenvalue weighted by Gasteiger charge is -2.15. The Kier molecular flexibility index (Phi) is 6.93. The number of amides is 2. The lowest BCUT2D eigenvalue weighted by Crippen LogP contribution is -2.41. The van der Waals surface area contributed by atoms with Crippen LogP contribution in [0.25, 0.3) is 0 Å². The normalized spacial score (nSPS) is 16.2. The summed E-state index contributed by atoms with van der Waals surface area (Å²) >= 11 is 0. The Morgan fingerprint density at radius 3 is 2.47 bits per heavy atom. The van der Waals surface area contributed by atoms with E-state index in [9.17, 15) is 19.5 Å². The third-order valence-electron chi connectivity index (χ3n) is 4.84. The fourth-order valence-corrected chi connectivity index (χ4v) is 3.23. The molecule has 2 aromatic rings. The molecule has 2 atom stereocenters. The zero-order valence-corrected chi connectivity index (χ0v) is 17.4. The molecular formula is C22H24N4O6. The van der Waals surface area contributed by atoms with Crippen molar-refractivity contribution in [1.82, 2.24) is 5.32 Å². The lowest BCUT2D eigenvalue weighted by molar-refractivity contribution is -0.141. The zero-order valence-electron chi connectivity index (χ0n) is 17.4. The highest BCUT2D eigenvalue weighted by Crippen LogP contribution is 2.23. The summed E-state index contributed by atoms with van der Waals surface area (Å²) < 4.78 is 11.1. The number of nitrogens with two attached hydrogens (primary N) is 1. The number of cyclic esters (lactones) is 1. The number of nitrogens with one attached hydrogen (secondary N) is 2. The molecule has 1 fully saturated rings. The van der Waals surface area contributed by atoms with Gasteiger partial charge in [0.25, 0.3) is 0 Å². The van der Waals surface area contributed by atoms with Gasteiger partial charge in [0.15, 0.2) is 6.10 Å². The van der Waals surface area contributed by atoms with Crippen molar-refractivity contribution in [2.24, 2.45) is 5.73 Å². The van der Waals surface area contributed by atoms with Crippen molar-refractivity contribution in [2.45, 2.75) is 25.5 Å². The Labute approximate surface area is 184 Å². The van der Waals surface area contributed by atoms with E-state index in [2.05, 4.69) is 5.32 Å². The number of anilines is 1. The molecule has 168 valence electrons. The van der Waals surface area contributed by atoms with Crippen molar-refractivity contribution in [3.8, 4) is 5.75 Å². The molecule has 1 saturated heterocycles. The molecule has 0 spiro atoms. The average molecular weight is 440 g/mol. The molecule has 0 radical (unpaired) electrons. The van der Waals surface area contributed by atoms with Gasteiger partial charge in [-0.2, -0.15) is 0 Å². The molecule has 10 nitrogen and oxygen atoms in total. The van der Waals surface area contributed by atoms with Gasteiger partial charge in [0, 0.05) is 24.6 Å². The van der Waals surface area contributed by atoms with Gasteiger partial charge < -0.3 is 25.6 Å². The molecular weight excluding hydrogens is 416 g/mol. The van der Waals surface area contributed by atoms with E-state index in [0.29, 0.717) is 23.5 Å². The molecule has 5 N–H and O–H groups in total. The number of nitrogen functional groups attached to an aromatic ring is 1. The van der Waals surface area contributed by atoms with Gasteiger partial charge in [-0.05, 0) is 42.0 Å². The minimum absolute atomic E-state index is 0.0496. The number of benzene rings is 2. The molecule has 1 aliphatic rings. The Hall–Kier alpha value is -4.08. The second kappa shape index (κ2) is 9.82. The van der Waals surface area contributed by atoms with Crippen molar-refractivity contribution in [3.63, 3.8) is 0 Å².